The van der Waals surface area contributed by atoms with Crippen LogP contribution in [0.4, 0.5) is 14.5 Å². The van der Waals surface area contributed by atoms with E-state index in [1.165, 1.54) is 0 Å². The lowest BCUT2D eigenvalue weighted by atomic mass is 10.1. The third-order valence-electron chi connectivity index (χ3n) is 2.91. The van der Waals surface area contributed by atoms with Crippen LogP contribution in [0.3, 0.4) is 0 Å². The first-order valence-electron chi connectivity index (χ1n) is 5.34. The molecule has 2 rings (SSSR count). The molecular weight excluding hydrogens is 290 g/mol. The van der Waals surface area contributed by atoms with Crippen LogP contribution in [-0.2, 0) is 0 Å². The fraction of sp³-hybridized carbons (Fsp3) is 0.417. The van der Waals surface area contributed by atoms with Gasteiger partial charge < -0.3 is 4.90 Å². The molecule has 0 amide bonds. The van der Waals surface area contributed by atoms with E-state index in [-0.39, 0.29) is 12.8 Å². The number of piperidine rings is 1. The van der Waals surface area contributed by atoms with Gasteiger partial charge in [-0.1, -0.05) is 0 Å². The molecule has 0 N–H and O–H groups in total. The summed E-state index contributed by atoms with van der Waals surface area (Å²) in [7, 11) is 0. The number of halogens is 3. The molecule has 1 fully saturated rings. The highest BCUT2D eigenvalue weighted by molar-refractivity contribution is 9.10. The van der Waals surface area contributed by atoms with Gasteiger partial charge in [0.1, 0.15) is 0 Å². The Labute approximate surface area is 107 Å². The summed E-state index contributed by atoms with van der Waals surface area (Å²) < 4.78 is 26.8. The maximum absolute atomic E-state index is 13.0. The summed E-state index contributed by atoms with van der Waals surface area (Å²) in [4.78, 5) is 1.92. The number of hydrogen-bond donors (Lipinski definition) is 0. The summed E-state index contributed by atoms with van der Waals surface area (Å²) in [5, 5.41) is 8.75. The van der Waals surface area contributed by atoms with Crippen LogP contribution in [0.1, 0.15) is 18.4 Å². The summed E-state index contributed by atoms with van der Waals surface area (Å²) in [5.41, 5.74) is 1.43. The van der Waals surface area contributed by atoms with Crippen LogP contribution in [0, 0.1) is 11.3 Å². The van der Waals surface area contributed by atoms with E-state index in [1.807, 2.05) is 11.0 Å². The number of alkyl halides is 2. The number of anilines is 1. The van der Waals surface area contributed by atoms with Gasteiger partial charge in [0.2, 0.25) is 0 Å². The van der Waals surface area contributed by atoms with Crippen LogP contribution < -0.4 is 4.90 Å². The van der Waals surface area contributed by atoms with Crippen LogP contribution >= 0.6 is 15.9 Å². The molecule has 1 aromatic carbocycles. The molecule has 0 atom stereocenters. The second-order valence-corrected chi connectivity index (χ2v) is 4.98. The lowest BCUT2D eigenvalue weighted by molar-refractivity contribution is -0.0220. The van der Waals surface area contributed by atoms with E-state index in [0.29, 0.717) is 18.7 Å². The first-order chi connectivity index (χ1) is 8.02. The zero-order valence-electron chi connectivity index (χ0n) is 9.09. The Bertz CT molecular complexity index is 458. The number of rotatable bonds is 1. The number of nitrogens with zero attached hydrogens (tertiary/aromatic N) is 2. The second-order valence-electron chi connectivity index (χ2n) is 4.12. The molecular formula is C12H11BrF2N2. The van der Waals surface area contributed by atoms with Crippen molar-refractivity contribution in [2.24, 2.45) is 0 Å². The Balaban J connectivity index is 2.17. The molecule has 1 heterocycles. The van der Waals surface area contributed by atoms with Crippen molar-refractivity contribution >= 4 is 21.6 Å². The zero-order chi connectivity index (χ0) is 12.5. The molecule has 0 aliphatic carbocycles. The minimum absolute atomic E-state index is 0.112. The van der Waals surface area contributed by atoms with Gasteiger partial charge in [0.15, 0.2) is 0 Å². The van der Waals surface area contributed by atoms with Gasteiger partial charge in [-0.2, -0.15) is 5.26 Å². The van der Waals surface area contributed by atoms with E-state index in [9.17, 15) is 8.78 Å². The van der Waals surface area contributed by atoms with E-state index in [1.54, 1.807) is 18.2 Å². The van der Waals surface area contributed by atoms with Crippen molar-refractivity contribution in [2.75, 3.05) is 18.0 Å². The van der Waals surface area contributed by atoms with Crippen LogP contribution in [0.5, 0.6) is 0 Å². The average Bonchev–Trinajstić information content (AvgIpc) is 2.29. The summed E-state index contributed by atoms with van der Waals surface area (Å²) in [5.74, 6) is -2.53. The lowest BCUT2D eigenvalue weighted by Gasteiger charge is -2.33. The van der Waals surface area contributed by atoms with Gasteiger partial charge in [0, 0.05) is 30.4 Å². The Morgan fingerprint density at radius 3 is 2.47 bits per heavy atom. The maximum Gasteiger partial charge on any atom is 0.251 e. The van der Waals surface area contributed by atoms with E-state index in [4.69, 9.17) is 5.26 Å². The molecule has 90 valence electrons. The first kappa shape index (κ1) is 12.3. The molecule has 0 saturated carbocycles. The summed E-state index contributed by atoms with van der Waals surface area (Å²) in [6.07, 6.45) is -0.223. The molecule has 0 bridgehead atoms. The average molecular weight is 301 g/mol. The van der Waals surface area contributed by atoms with Gasteiger partial charge >= 0.3 is 0 Å². The van der Waals surface area contributed by atoms with Gasteiger partial charge in [-0.25, -0.2) is 8.78 Å². The number of benzene rings is 1. The van der Waals surface area contributed by atoms with Crippen molar-refractivity contribution < 1.29 is 8.78 Å². The largest absolute Gasteiger partial charge is 0.370 e. The van der Waals surface area contributed by atoms with Gasteiger partial charge in [-0.15, -0.1) is 0 Å². The zero-order valence-corrected chi connectivity index (χ0v) is 10.7. The van der Waals surface area contributed by atoms with Crippen molar-refractivity contribution in [3.63, 3.8) is 0 Å². The molecule has 1 aromatic rings. The van der Waals surface area contributed by atoms with E-state index in [0.717, 1.165) is 10.2 Å². The minimum Gasteiger partial charge on any atom is -0.370 e. The van der Waals surface area contributed by atoms with Crippen molar-refractivity contribution in [3.8, 4) is 6.07 Å². The summed E-state index contributed by atoms with van der Waals surface area (Å²) >= 11 is 3.37. The van der Waals surface area contributed by atoms with E-state index < -0.39 is 5.92 Å². The smallest absolute Gasteiger partial charge is 0.251 e. The quantitative estimate of drug-likeness (QED) is 0.793. The highest BCUT2D eigenvalue weighted by Gasteiger charge is 2.34. The van der Waals surface area contributed by atoms with Gasteiger partial charge in [0.25, 0.3) is 5.92 Å². The normalized spacial score (nSPS) is 18.8. The molecule has 0 spiro atoms. The number of hydrogen-bond acceptors (Lipinski definition) is 2. The van der Waals surface area contributed by atoms with Crippen LogP contribution in [0.2, 0.25) is 0 Å². The third-order valence-corrected chi connectivity index (χ3v) is 3.55. The molecule has 0 aromatic heterocycles. The summed E-state index contributed by atoms with van der Waals surface area (Å²) in [6, 6.07) is 7.25. The number of nitriles is 1. The monoisotopic (exact) mass is 300 g/mol. The summed E-state index contributed by atoms with van der Waals surface area (Å²) in [6.45, 7) is 0.689. The van der Waals surface area contributed by atoms with Crippen LogP contribution in [0.25, 0.3) is 0 Å². The van der Waals surface area contributed by atoms with Gasteiger partial charge in [0.05, 0.1) is 17.3 Å². The van der Waals surface area contributed by atoms with Crippen molar-refractivity contribution in [1.82, 2.24) is 0 Å². The highest BCUT2D eigenvalue weighted by atomic mass is 79.9. The predicted molar refractivity (Wildman–Crippen MR) is 65.3 cm³/mol. The maximum atomic E-state index is 13.0. The van der Waals surface area contributed by atoms with Gasteiger partial charge in [-0.05, 0) is 34.1 Å². The second kappa shape index (κ2) is 4.61. The first-order valence-corrected chi connectivity index (χ1v) is 6.13. The third kappa shape index (κ3) is 2.75. The van der Waals surface area contributed by atoms with Crippen molar-refractivity contribution in [3.05, 3.63) is 28.2 Å². The van der Waals surface area contributed by atoms with Crippen molar-refractivity contribution in [2.45, 2.75) is 18.8 Å². The Morgan fingerprint density at radius 2 is 1.94 bits per heavy atom. The predicted octanol–water partition coefficient (Wildman–Crippen LogP) is 3.56. The molecule has 1 aliphatic heterocycles. The van der Waals surface area contributed by atoms with Crippen LogP contribution in [-0.4, -0.2) is 19.0 Å². The fourth-order valence-electron chi connectivity index (χ4n) is 1.91. The van der Waals surface area contributed by atoms with Crippen LogP contribution in [0.15, 0.2) is 22.7 Å². The SMILES string of the molecule is N#Cc1ccc(N2CCC(F)(F)CC2)c(Br)c1. The molecule has 5 heteroatoms. The fourth-order valence-corrected chi connectivity index (χ4v) is 2.54. The van der Waals surface area contributed by atoms with E-state index in [2.05, 4.69) is 15.9 Å². The molecule has 0 unspecified atom stereocenters. The highest BCUT2D eigenvalue weighted by Crippen LogP contribution is 2.34. The molecule has 2 nitrogen and oxygen atoms in total. The molecule has 17 heavy (non-hydrogen) atoms. The Kier molecular flexibility index (Phi) is 3.34. The Hall–Kier alpha value is -1.15. The van der Waals surface area contributed by atoms with Crippen molar-refractivity contribution in [1.29, 1.82) is 5.26 Å². The molecule has 1 saturated heterocycles. The standard InChI is InChI=1S/C12H11BrF2N2/c13-10-7-9(8-16)1-2-11(10)17-5-3-12(14,15)4-6-17/h1-2,7H,3-6H2. The van der Waals surface area contributed by atoms with Gasteiger partial charge in [-0.3, -0.25) is 0 Å². The minimum atomic E-state index is -2.53. The molecule has 0 radical (unpaired) electrons. The van der Waals surface area contributed by atoms with E-state index >= 15 is 0 Å². The lowest BCUT2D eigenvalue weighted by Crippen LogP contribution is -2.39. The Morgan fingerprint density at radius 1 is 1.29 bits per heavy atom. The topological polar surface area (TPSA) is 27.0 Å². The molecule has 1 aliphatic rings.